The summed E-state index contributed by atoms with van der Waals surface area (Å²) in [6.07, 6.45) is 3.68. The van der Waals surface area contributed by atoms with Gasteiger partial charge in [0.05, 0.1) is 18.8 Å². The quantitative estimate of drug-likeness (QED) is 0.606. The second kappa shape index (κ2) is 10.5. The average molecular weight is 515 g/mol. The molecule has 0 spiro atoms. The number of ether oxygens (including phenoxy) is 3. The molecule has 1 aromatic rings. The van der Waals surface area contributed by atoms with Gasteiger partial charge in [0.25, 0.3) is 0 Å². The number of hydrogen-bond acceptors (Lipinski definition) is 6. The van der Waals surface area contributed by atoms with Gasteiger partial charge >= 0.3 is 0 Å². The molecular weight excluding hydrogens is 472 g/mol. The van der Waals surface area contributed by atoms with Gasteiger partial charge in [-0.15, -0.1) is 0 Å². The minimum atomic E-state index is -0.489. The van der Waals surface area contributed by atoms with Crippen LogP contribution < -0.4 is 10.1 Å². The molecule has 1 unspecified atom stereocenters. The summed E-state index contributed by atoms with van der Waals surface area (Å²) >= 11 is 0. The summed E-state index contributed by atoms with van der Waals surface area (Å²) in [4.78, 5) is 26.6. The standard InChI is InChI=1S/C29H42N2O6/c1-19(32)30-20-12-14-31(16-20)26(34)15-22-23(33)9-10-24-28(22,2)13-11-25-29(24,3)18-36-27(37-25)17-35-21-7-5-4-6-8-21/h4-8,20,22-25,27,33H,9-18H2,1-3H3,(H,30,32)/t20-,22+,23+,24?,25+,27+,28-,29-/m0/s1. The Morgan fingerprint density at radius 3 is 2.68 bits per heavy atom. The number of carbonyl (C=O) groups excluding carboxylic acids is 2. The highest BCUT2D eigenvalue weighted by atomic mass is 16.7. The number of amides is 2. The van der Waals surface area contributed by atoms with Crippen molar-refractivity contribution < 1.29 is 28.9 Å². The van der Waals surface area contributed by atoms with E-state index in [4.69, 9.17) is 14.2 Å². The Kier molecular flexibility index (Phi) is 7.53. The van der Waals surface area contributed by atoms with Crippen LogP contribution in [0.15, 0.2) is 30.3 Å². The molecule has 2 amide bonds. The molecule has 5 rings (SSSR count). The van der Waals surface area contributed by atoms with E-state index in [1.807, 2.05) is 35.2 Å². The van der Waals surface area contributed by atoms with Crippen LogP contribution in [0.4, 0.5) is 0 Å². The van der Waals surface area contributed by atoms with E-state index in [0.29, 0.717) is 45.1 Å². The Bertz CT molecular complexity index is 974. The molecule has 204 valence electrons. The summed E-state index contributed by atoms with van der Waals surface area (Å²) in [6, 6.07) is 9.72. The normalized spacial score (nSPS) is 39.4. The molecule has 8 atom stereocenters. The number of carbonyl (C=O) groups is 2. The fourth-order valence-corrected chi connectivity index (χ4v) is 7.76. The van der Waals surface area contributed by atoms with Gasteiger partial charge in [-0.3, -0.25) is 9.59 Å². The van der Waals surface area contributed by atoms with Gasteiger partial charge in [0.1, 0.15) is 12.4 Å². The Labute approximate surface area is 220 Å². The lowest BCUT2D eigenvalue weighted by molar-refractivity contribution is -0.313. The van der Waals surface area contributed by atoms with Crippen LogP contribution in [-0.4, -0.2) is 72.7 Å². The summed E-state index contributed by atoms with van der Waals surface area (Å²) in [5.41, 5.74) is -0.350. The molecule has 4 fully saturated rings. The van der Waals surface area contributed by atoms with Crippen LogP contribution in [0.5, 0.6) is 5.75 Å². The van der Waals surface area contributed by atoms with Crippen LogP contribution in [0.25, 0.3) is 0 Å². The molecule has 37 heavy (non-hydrogen) atoms. The third-order valence-electron chi connectivity index (χ3n) is 9.70. The molecule has 2 aliphatic heterocycles. The first-order valence-electron chi connectivity index (χ1n) is 13.9. The largest absolute Gasteiger partial charge is 0.488 e. The zero-order valence-electron chi connectivity index (χ0n) is 22.4. The van der Waals surface area contributed by atoms with Crippen molar-refractivity contribution in [3.63, 3.8) is 0 Å². The van der Waals surface area contributed by atoms with E-state index in [9.17, 15) is 14.7 Å². The molecule has 1 aromatic carbocycles. The first kappa shape index (κ1) is 26.4. The molecule has 8 nitrogen and oxygen atoms in total. The topological polar surface area (TPSA) is 97.3 Å². The minimum absolute atomic E-state index is 0.0192. The number of fused-ring (bicyclic) bond motifs is 3. The highest BCUT2D eigenvalue weighted by Gasteiger charge is 2.61. The van der Waals surface area contributed by atoms with Gasteiger partial charge in [-0.25, -0.2) is 0 Å². The predicted octanol–water partition coefficient (Wildman–Crippen LogP) is 3.13. The molecule has 2 N–H and O–H groups in total. The number of nitrogens with one attached hydrogen (secondary N) is 1. The fraction of sp³-hybridized carbons (Fsp3) is 0.724. The Morgan fingerprint density at radius 1 is 1.14 bits per heavy atom. The van der Waals surface area contributed by atoms with Crippen LogP contribution in [0.3, 0.4) is 0 Å². The number of benzene rings is 1. The summed E-state index contributed by atoms with van der Waals surface area (Å²) in [7, 11) is 0. The van der Waals surface area contributed by atoms with E-state index in [2.05, 4.69) is 19.2 Å². The number of para-hydroxylation sites is 1. The number of aliphatic hydroxyl groups is 1. The maximum absolute atomic E-state index is 13.3. The Morgan fingerprint density at radius 2 is 1.92 bits per heavy atom. The van der Waals surface area contributed by atoms with Gasteiger partial charge in [-0.2, -0.15) is 0 Å². The highest BCUT2D eigenvalue weighted by molar-refractivity contribution is 5.77. The highest BCUT2D eigenvalue weighted by Crippen LogP contribution is 2.62. The zero-order chi connectivity index (χ0) is 26.2. The van der Waals surface area contributed by atoms with Crippen molar-refractivity contribution in [1.82, 2.24) is 10.2 Å². The molecule has 2 heterocycles. The van der Waals surface area contributed by atoms with E-state index in [1.54, 1.807) is 0 Å². The number of hydrogen-bond donors (Lipinski definition) is 2. The van der Waals surface area contributed by atoms with Crippen molar-refractivity contribution in [2.75, 3.05) is 26.3 Å². The van der Waals surface area contributed by atoms with Gasteiger partial charge in [0.15, 0.2) is 6.29 Å². The lowest BCUT2D eigenvalue weighted by atomic mass is 9.46. The molecule has 0 aromatic heterocycles. The van der Waals surface area contributed by atoms with Crippen LogP contribution >= 0.6 is 0 Å². The molecular formula is C29H42N2O6. The van der Waals surface area contributed by atoms with E-state index in [1.165, 1.54) is 6.92 Å². The van der Waals surface area contributed by atoms with E-state index in [-0.39, 0.29) is 40.7 Å². The van der Waals surface area contributed by atoms with E-state index < -0.39 is 12.4 Å². The van der Waals surface area contributed by atoms with Crippen molar-refractivity contribution in [3.05, 3.63) is 30.3 Å². The van der Waals surface area contributed by atoms with Gasteiger partial charge in [0, 0.05) is 37.9 Å². The summed E-state index contributed by atoms with van der Waals surface area (Å²) in [6.45, 7) is 8.19. The van der Waals surface area contributed by atoms with Crippen LogP contribution in [0.1, 0.15) is 59.3 Å². The molecule has 2 aliphatic carbocycles. The third kappa shape index (κ3) is 5.25. The SMILES string of the molecule is CC(=O)N[C@H]1CCN(C(=O)C[C@@H]2[C@H](O)CCC3[C@]4(C)CO[C@@H](COc5ccccc5)O[C@@H]4CC[C@]32C)C1. The number of nitrogens with zero attached hydrogens (tertiary/aromatic N) is 1. The smallest absolute Gasteiger partial charge is 0.223 e. The molecule has 2 saturated heterocycles. The summed E-state index contributed by atoms with van der Waals surface area (Å²) in [5, 5.41) is 14.1. The fourth-order valence-electron chi connectivity index (χ4n) is 7.76. The van der Waals surface area contributed by atoms with Crippen molar-refractivity contribution >= 4 is 11.8 Å². The monoisotopic (exact) mass is 514 g/mol. The molecule has 0 bridgehead atoms. The molecule has 8 heteroatoms. The molecule has 2 saturated carbocycles. The first-order valence-corrected chi connectivity index (χ1v) is 13.9. The average Bonchev–Trinajstić information content (AvgIpc) is 3.33. The van der Waals surface area contributed by atoms with Gasteiger partial charge < -0.3 is 29.5 Å². The van der Waals surface area contributed by atoms with Crippen LogP contribution in [0, 0.1) is 22.7 Å². The van der Waals surface area contributed by atoms with Gasteiger partial charge in [-0.1, -0.05) is 32.0 Å². The number of likely N-dealkylation sites (tertiary alicyclic amines) is 1. The van der Waals surface area contributed by atoms with E-state index in [0.717, 1.165) is 31.4 Å². The third-order valence-corrected chi connectivity index (χ3v) is 9.70. The van der Waals surface area contributed by atoms with Gasteiger partial charge in [0.2, 0.25) is 11.8 Å². The second-order valence-corrected chi connectivity index (χ2v) is 12.1. The first-order chi connectivity index (χ1) is 17.7. The molecule has 4 aliphatic rings. The number of rotatable bonds is 6. The molecule has 0 radical (unpaired) electrons. The maximum atomic E-state index is 13.3. The van der Waals surface area contributed by atoms with E-state index >= 15 is 0 Å². The van der Waals surface area contributed by atoms with Crippen LogP contribution in [-0.2, 0) is 19.1 Å². The zero-order valence-corrected chi connectivity index (χ0v) is 22.4. The Balaban J connectivity index is 1.23. The Hall–Kier alpha value is -2.16. The number of aliphatic hydroxyl groups excluding tert-OH is 1. The van der Waals surface area contributed by atoms with Crippen LogP contribution in [0.2, 0.25) is 0 Å². The summed E-state index contributed by atoms with van der Waals surface area (Å²) in [5.74, 6) is 1.01. The second-order valence-electron chi connectivity index (χ2n) is 12.1. The predicted molar refractivity (Wildman–Crippen MR) is 138 cm³/mol. The van der Waals surface area contributed by atoms with Crippen molar-refractivity contribution in [2.24, 2.45) is 22.7 Å². The lowest BCUT2D eigenvalue weighted by Crippen LogP contribution is -2.63. The van der Waals surface area contributed by atoms with Crippen molar-refractivity contribution in [3.8, 4) is 5.75 Å². The summed E-state index contributed by atoms with van der Waals surface area (Å²) < 4.78 is 18.6. The van der Waals surface area contributed by atoms with Crippen molar-refractivity contribution in [2.45, 2.75) is 83.8 Å². The van der Waals surface area contributed by atoms with Crippen molar-refractivity contribution in [1.29, 1.82) is 0 Å². The minimum Gasteiger partial charge on any atom is -0.488 e. The maximum Gasteiger partial charge on any atom is 0.223 e. The van der Waals surface area contributed by atoms with Gasteiger partial charge in [-0.05, 0) is 61.5 Å². The lowest BCUT2D eigenvalue weighted by Gasteiger charge is -2.63.